The van der Waals surface area contributed by atoms with Gasteiger partial charge in [0.25, 0.3) is 0 Å². The maximum absolute atomic E-state index is 13.4. The van der Waals surface area contributed by atoms with Gasteiger partial charge in [-0.15, -0.1) is 0 Å². The van der Waals surface area contributed by atoms with Gasteiger partial charge in [-0.2, -0.15) is 0 Å². The van der Waals surface area contributed by atoms with Gasteiger partial charge in [-0.3, -0.25) is 9.59 Å². The summed E-state index contributed by atoms with van der Waals surface area (Å²) in [6.07, 6.45) is 6.72. The zero-order chi connectivity index (χ0) is 19.0. The molecule has 1 aromatic rings. The summed E-state index contributed by atoms with van der Waals surface area (Å²) in [7, 11) is 1.44. The summed E-state index contributed by atoms with van der Waals surface area (Å²) in [6, 6.07) is 1.85. The molecule has 0 amide bonds. The van der Waals surface area contributed by atoms with Crippen LogP contribution in [0.25, 0.3) is 0 Å². The average Bonchev–Trinajstić information content (AvgIpc) is 3.01. The van der Waals surface area contributed by atoms with E-state index in [-0.39, 0.29) is 36.0 Å². The van der Waals surface area contributed by atoms with Crippen molar-refractivity contribution >= 4 is 11.9 Å². The third-order valence-electron chi connectivity index (χ3n) is 8.23. The topological polar surface area (TPSA) is 78.3 Å². The van der Waals surface area contributed by atoms with Crippen LogP contribution in [0.3, 0.4) is 0 Å². The van der Waals surface area contributed by atoms with E-state index in [4.69, 9.17) is 18.6 Å². The second-order valence-electron chi connectivity index (χ2n) is 8.94. The summed E-state index contributed by atoms with van der Waals surface area (Å²) in [6.45, 7) is 4.15. The molecule has 0 N–H and O–H groups in total. The van der Waals surface area contributed by atoms with Crippen LogP contribution in [0.4, 0.5) is 0 Å². The van der Waals surface area contributed by atoms with Gasteiger partial charge in [0, 0.05) is 12.0 Å². The fraction of sp³-hybridized carbons (Fsp3) is 0.714. The lowest BCUT2D eigenvalue weighted by Gasteiger charge is -2.56. The number of rotatable bonds is 2. The van der Waals surface area contributed by atoms with E-state index in [1.165, 1.54) is 7.11 Å². The van der Waals surface area contributed by atoms with Gasteiger partial charge >= 0.3 is 11.9 Å². The minimum atomic E-state index is -0.776. The number of epoxide rings is 1. The van der Waals surface area contributed by atoms with E-state index in [1.54, 1.807) is 12.5 Å². The number of carbonyl (C=O) groups is 2. The van der Waals surface area contributed by atoms with Crippen molar-refractivity contribution in [3.8, 4) is 0 Å². The lowest BCUT2D eigenvalue weighted by molar-refractivity contribution is -0.188. The zero-order valence-electron chi connectivity index (χ0n) is 16.0. The van der Waals surface area contributed by atoms with Gasteiger partial charge in [0.15, 0.2) is 0 Å². The van der Waals surface area contributed by atoms with Crippen LogP contribution >= 0.6 is 0 Å². The van der Waals surface area contributed by atoms with E-state index in [0.29, 0.717) is 12.8 Å². The standard InChI is InChI=1S/C21H26O6/c1-12-6-8-21(18(23)24-3)15(4-5-16-19(21,2)27-16)20(12)10-14(26-17(20)22)13-7-9-25-11-13/h7,9,11-12,14-16H,4-6,8,10H2,1-3H3/t12-,14+,15-,16+,19+,20-,21-/m1/s1. The third kappa shape index (κ3) is 1.90. The molecule has 6 nitrogen and oxygen atoms in total. The van der Waals surface area contributed by atoms with Crippen molar-refractivity contribution in [2.45, 2.75) is 63.8 Å². The van der Waals surface area contributed by atoms with Gasteiger partial charge in [-0.25, -0.2) is 0 Å². The summed E-state index contributed by atoms with van der Waals surface area (Å²) < 4.78 is 22.4. The van der Waals surface area contributed by atoms with Crippen molar-refractivity contribution in [1.29, 1.82) is 0 Å². The number of cyclic esters (lactones) is 1. The summed E-state index contributed by atoms with van der Waals surface area (Å²) in [5.41, 5.74) is -1.12. The van der Waals surface area contributed by atoms with Crippen LogP contribution in [0.2, 0.25) is 0 Å². The quantitative estimate of drug-likeness (QED) is 0.583. The molecule has 2 aliphatic carbocycles. The lowest BCUT2D eigenvalue weighted by Crippen LogP contribution is -2.63. The molecule has 3 heterocycles. The highest BCUT2D eigenvalue weighted by atomic mass is 16.6. The molecule has 0 bridgehead atoms. The molecule has 27 heavy (non-hydrogen) atoms. The molecule has 0 unspecified atom stereocenters. The fourth-order valence-corrected chi connectivity index (χ4v) is 6.69. The fourth-order valence-electron chi connectivity index (χ4n) is 6.69. The van der Waals surface area contributed by atoms with E-state index in [0.717, 1.165) is 24.8 Å². The minimum absolute atomic E-state index is 0.0837. The number of hydrogen-bond donors (Lipinski definition) is 0. The maximum atomic E-state index is 13.4. The van der Waals surface area contributed by atoms with Gasteiger partial charge in [-0.05, 0) is 50.5 Å². The largest absolute Gasteiger partial charge is 0.472 e. The maximum Gasteiger partial charge on any atom is 0.315 e. The molecule has 4 fully saturated rings. The molecule has 2 aliphatic heterocycles. The smallest absolute Gasteiger partial charge is 0.315 e. The first-order valence-corrected chi connectivity index (χ1v) is 9.89. The van der Waals surface area contributed by atoms with Crippen LogP contribution in [0.15, 0.2) is 23.0 Å². The van der Waals surface area contributed by atoms with Crippen LogP contribution in [0.1, 0.15) is 57.6 Å². The Bertz CT molecular complexity index is 787. The van der Waals surface area contributed by atoms with Crippen LogP contribution in [-0.2, 0) is 23.8 Å². The van der Waals surface area contributed by atoms with E-state index < -0.39 is 16.4 Å². The summed E-state index contributed by atoms with van der Waals surface area (Å²) >= 11 is 0. The monoisotopic (exact) mass is 374 g/mol. The molecule has 146 valence electrons. The molecule has 1 aromatic heterocycles. The molecule has 2 saturated heterocycles. The predicted molar refractivity (Wildman–Crippen MR) is 93.4 cm³/mol. The Morgan fingerprint density at radius 1 is 1.30 bits per heavy atom. The molecule has 7 atom stereocenters. The molecule has 0 aromatic carbocycles. The number of carbonyl (C=O) groups excluding carboxylic acids is 2. The summed E-state index contributed by atoms with van der Waals surface area (Å²) in [5, 5.41) is 0. The Hall–Kier alpha value is -1.82. The van der Waals surface area contributed by atoms with Crippen molar-refractivity contribution in [2.24, 2.45) is 22.7 Å². The number of furan rings is 1. The van der Waals surface area contributed by atoms with Crippen molar-refractivity contribution in [1.82, 2.24) is 0 Å². The van der Waals surface area contributed by atoms with Gasteiger partial charge in [-0.1, -0.05) is 6.92 Å². The van der Waals surface area contributed by atoms with E-state index in [1.807, 2.05) is 13.0 Å². The molecule has 5 rings (SSSR count). The highest BCUT2D eigenvalue weighted by Gasteiger charge is 2.80. The zero-order valence-corrected chi connectivity index (χ0v) is 16.0. The molecule has 1 spiro atoms. The first-order chi connectivity index (χ1) is 12.9. The van der Waals surface area contributed by atoms with Crippen molar-refractivity contribution in [3.63, 3.8) is 0 Å². The van der Waals surface area contributed by atoms with Crippen LogP contribution < -0.4 is 0 Å². The average molecular weight is 374 g/mol. The Kier molecular flexibility index (Phi) is 3.44. The van der Waals surface area contributed by atoms with Crippen LogP contribution in [-0.4, -0.2) is 30.8 Å². The highest BCUT2D eigenvalue weighted by Crippen LogP contribution is 2.72. The number of fused-ring (bicyclic) bond motifs is 4. The van der Waals surface area contributed by atoms with E-state index in [2.05, 4.69) is 6.92 Å². The highest BCUT2D eigenvalue weighted by molar-refractivity contribution is 5.86. The van der Waals surface area contributed by atoms with Crippen LogP contribution in [0, 0.1) is 22.7 Å². The molecular formula is C21H26O6. The molecule has 6 heteroatoms. The first-order valence-electron chi connectivity index (χ1n) is 9.89. The second kappa shape index (κ2) is 5.37. The van der Waals surface area contributed by atoms with Crippen LogP contribution in [0.5, 0.6) is 0 Å². The molecule has 0 radical (unpaired) electrons. The van der Waals surface area contributed by atoms with Gasteiger partial charge < -0.3 is 18.6 Å². The number of hydrogen-bond acceptors (Lipinski definition) is 6. The van der Waals surface area contributed by atoms with Crippen molar-refractivity contribution in [3.05, 3.63) is 24.2 Å². The minimum Gasteiger partial charge on any atom is -0.472 e. The van der Waals surface area contributed by atoms with Gasteiger partial charge in [0.1, 0.15) is 17.1 Å². The molecular weight excluding hydrogens is 348 g/mol. The summed E-state index contributed by atoms with van der Waals surface area (Å²) in [5.74, 6) is -0.400. The number of methoxy groups -OCH3 is 1. The molecule has 4 aliphatic rings. The van der Waals surface area contributed by atoms with Gasteiger partial charge in [0.05, 0.1) is 31.2 Å². The summed E-state index contributed by atoms with van der Waals surface area (Å²) in [4.78, 5) is 26.5. The van der Waals surface area contributed by atoms with Gasteiger partial charge in [0.2, 0.25) is 0 Å². The first kappa shape index (κ1) is 17.3. The van der Waals surface area contributed by atoms with E-state index in [9.17, 15) is 9.59 Å². The number of esters is 2. The lowest BCUT2D eigenvalue weighted by atomic mass is 9.43. The predicted octanol–water partition coefficient (Wildman–Crippen LogP) is 3.41. The van der Waals surface area contributed by atoms with Crippen molar-refractivity contribution < 1.29 is 28.2 Å². The van der Waals surface area contributed by atoms with E-state index >= 15 is 0 Å². The Morgan fingerprint density at radius 2 is 2.11 bits per heavy atom. The van der Waals surface area contributed by atoms with Crippen molar-refractivity contribution in [2.75, 3.05) is 7.11 Å². The SMILES string of the molecule is COC(=O)[C@@]12CC[C@@H](C)[C@]3(C[C@@H](c4ccoc4)OC3=O)[C@H]1CC[C@@H]1O[C@@]12C. The number of ether oxygens (including phenoxy) is 3. The Morgan fingerprint density at radius 3 is 2.81 bits per heavy atom. The Labute approximate surface area is 158 Å². The second-order valence-corrected chi connectivity index (χ2v) is 8.94. The Balaban J connectivity index is 1.62. The molecule has 2 saturated carbocycles. The third-order valence-corrected chi connectivity index (χ3v) is 8.23. The normalized spacial score (nSPS) is 47.9.